The average molecular weight is 328 g/mol. The van der Waals surface area contributed by atoms with E-state index in [9.17, 15) is 16.8 Å². The standard InChI is InChI=1S/C9H14ClN3O4S2/c1-12-18(14,15)5-4-13-19(16,17)9-6-7(10)2-3-8(9)11/h2-3,6,12-13H,4-5,11H2,1H3. The van der Waals surface area contributed by atoms with E-state index in [4.69, 9.17) is 17.3 Å². The summed E-state index contributed by atoms with van der Waals surface area (Å²) in [7, 11) is -6.12. The molecule has 0 heterocycles. The van der Waals surface area contributed by atoms with Gasteiger partial charge >= 0.3 is 0 Å². The first kappa shape index (κ1) is 16.2. The quantitative estimate of drug-likeness (QED) is 0.623. The van der Waals surface area contributed by atoms with Crippen LogP contribution in [0.25, 0.3) is 0 Å². The SMILES string of the molecule is CNS(=O)(=O)CCNS(=O)(=O)c1cc(Cl)ccc1N. The molecule has 0 spiro atoms. The minimum absolute atomic E-state index is 0.0355. The van der Waals surface area contributed by atoms with Gasteiger partial charge in [-0.15, -0.1) is 0 Å². The number of hydrogen-bond acceptors (Lipinski definition) is 5. The molecule has 0 fully saturated rings. The van der Waals surface area contributed by atoms with Gasteiger partial charge in [0.15, 0.2) is 0 Å². The normalized spacial score (nSPS) is 12.5. The number of hydrogen-bond donors (Lipinski definition) is 3. The number of anilines is 1. The summed E-state index contributed by atoms with van der Waals surface area (Å²) in [4.78, 5) is -0.179. The third-order valence-corrected chi connectivity index (χ3v) is 5.35. The lowest BCUT2D eigenvalue weighted by atomic mass is 10.3. The molecule has 7 nitrogen and oxygen atoms in total. The predicted molar refractivity (Wildman–Crippen MR) is 73.9 cm³/mol. The minimum Gasteiger partial charge on any atom is -0.398 e. The van der Waals surface area contributed by atoms with Gasteiger partial charge in [0.2, 0.25) is 20.0 Å². The van der Waals surface area contributed by atoms with Crippen molar-refractivity contribution in [3.8, 4) is 0 Å². The molecule has 10 heteroatoms. The monoisotopic (exact) mass is 327 g/mol. The van der Waals surface area contributed by atoms with Crippen molar-refractivity contribution in [2.24, 2.45) is 0 Å². The second-order valence-electron chi connectivity index (χ2n) is 3.60. The molecule has 0 amide bonds. The van der Waals surface area contributed by atoms with Crippen LogP contribution in [-0.2, 0) is 20.0 Å². The van der Waals surface area contributed by atoms with E-state index in [2.05, 4.69) is 9.44 Å². The van der Waals surface area contributed by atoms with Crippen molar-refractivity contribution in [1.29, 1.82) is 0 Å². The van der Waals surface area contributed by atoms with Crippen LogP contribution in [0.15, 0.2) is 23.1 Å². The summed E-state index contributed by atoms with van der Waals surface area (Å²) in [6.07, 6.45) is 0. The molecular weight excluding hydrogens is 314 g/mol. The van der Waals surface area contributed by atoms with Gasteiger partial charge in [-0.2, -0.15) is 0 Å². The highest BCUT2D eigenvalue weighted by Gasteiger charge is 2.18. The number of sulfonamides is 2. The van der Waals surface area contributed by atoms with Crippen LogP contribution in [0.2, 0.25) is 5.02 Å². The average Bonchev–Trinajstić information content (AvgIpc) is 2.31. The molecule has 1 rings (SSSR count). The Morgan fingerprint density at radius 3 is 2.47 bits per heavy atom. The van der Waals surface area contributed by atoms with E-state index < -0.39 is 20.0 Å². The van der Waals surface area contributed by atoms with Crippen LogP contribution < -0.4 is 15.2 Å². The molecule has 108 valence electrons. The largest absolute Gasteiger partial charge is 0.398 e. The topological polar surface area (TPSA) is 118 Å². The zero-order valence-electron chi connectivity index (χ0n) is 10.1. The first-order valence-electron chi connectivity index (χ1n) is 5.14. The van der Waals surface area contributed by atoms with Crippen molar-refractivity contribution in [1.82, 2.24) is 9.44 Å². The molecule has 0 aliphatic carbocycles. The van der Waals surface area contributed by atoms with Crippen LogP contribution >= 0.6 is 11.6 Å². The summed E-state index contributed by atoms with van der Waals surface area (Å²) in [5.41, 5.74) is 5.59. The number of nitrogens with two attached hydrogens (primary N) is 1. The van der Waals surface area contributed by atoms with Gasteiger partial charge in [-0.25, -0.2) is 26.3 Å². The van der Waals surface area contributed by atoms with Crippen molar-refractivity contribution in [3.63, 3.8) is 0 Å². The highest BCUT2D eigenvalue weighted by molar-refractivity contribution is 7.90. The van der Waals surface area contributed by atoms with Gasteiger partial charge in [0.25, 0.3) is 0 Å². The summed E-state index contributed by atoms with van der Waals surface area (Å²) < 4.78 is 50.4. The Hall–Kier alpha value is -0.870. The summed E-state index contributed by atoms with van der Waals surface area (Å²) in [6.45, 7) is -0.266. The van der Waals surface area contributed by atoms with Crippen molar-refractivity contribution >= 4 is 37.3 Å². The van der Waals surface area contributed by atoms with Crippen molar-refractivity contribution in [2.75, 3.05) is 25.1 Å². The zero-order valence-corrected chi connectivity index (χ0v) is 12.4. The second kappa shape index (κ2) is 6.06. The van der Waals surface area contributed by atoms with Gasteiger partial charge < -0.3 is 5.73 Å². The molecule has 0 radical (unpaired) electrons. The first-order chi connectivity index (χ1) is 8.68. The molecule has 1 aromatic carbocycles. The van der Waals surface area contributed by atoms with E-state index >= 15 is 0 Å². The highest BCUT2D eigenvalue weighted by Crippen LogP contribution is 2.22. The van der Waals surface area contributed by atoms with E-state index in [1.165, 1.54) is 25.2 Å². The summed E-state index contributed by atoms with van der Waals surface area (Å²) >= 11 is 5.70. The minimum atomic E-state index is -3.90. The molecule has 4 N–H and O–H groups in total. The number of benzene rings is 1. The fraction of sp³-hybridized carbons (Fsp3) is 0.333. The molecule has 0 saturated heterocycles. The Bertz CT molecular complexity index is 658. The lowest BCUT2D eigenvalue weighted by Crippen LogP contribution is -2.33. The lowest BCUT2D eigenvalue weighted by molar-refractivity contribution is 0.579. The maximum atomic E-state index is 11.9. The predicted octanol–water partition coefficient (Wildman–Crippen LogP) is -0.250. The Morgan fingerprint density at radius 2 is 1.89 bits per heavy atom. The van der Waals surface area contributed by atoms with Crippen LogP contribution in [0.5, 0.6) is 0 Å². The van der Waals surface area contributed by atoms with Crippen molar-refractivity contribution < 1.29 is 16.8 Å². The number of rotatable bonds is 6. The molecular formula is C9H14ClN3O4S2. The number of nitrogens with one attached hydrogen (secondary N) is 2. The fourth-order valence-electron chi connectivity index (χ4n) is 1.23. The maximum absolute atomic E-state index is 11.9. The van der Waals surface area contributed by atoms with E-state index in [1.807, 2.05) is 0 Å². The fourth-order valence-corrected chi connectivity index (χ4v) is 3.36. The zero-order chi connectivity index (χ0) is 14.7. The summed E-state index contributed by atoms with van der Waals surface area (Å²) in [5, 5.41) is 0.220. The third-order valence-electron chi connectivity index (χ3n) is 2.24. The van der Waals surface area contributed by atoms with Gasteiger partial charge in [-0.3, -0.25) is 0 Å². The molecule has 0 aliphatic rings. The van der Waals surface area contributed by atoms with Crippen LogP contribution in [0.3, 0.4) is 0 Å². The van der Waals surface area contributed by atoms with Gasteiger partial charge in [-0.1, -0.05) is 11.6 Å². The highest BCUT2D eigenvalue weighted by atomic mass is 35.5. The van der Waals surface area contributed by atoms with E-state index in [-0.39, 0.29) is 27.9 Å². The number of halogens is 1. The smallest absolute Gasteiger partial charge is 0.242 e. The Morgan fingerprint density at radius 1 is 1.26 bits per heavy atom. The number of nitrogen functional groups attached to an aromatic ring is 1. The first-order valence-corrected chi connectivity index (χ1v) is 8.65. The molecule has 1 aromatic rings. The lowest BCUT2D eigenvalue weighted by Gasteiger charge is -2.09. The molecule has 0 atom stereocenters. The van der Waals surface area contributed by atoms with E-state index in [0.29, 0.717) is 0 Å². The Labute approximate surface area is 117 Å². The van der Waals surface area contributed by atoms with Crippen LogP contribution in [0.4, 0.5) is 5.69 Å². The molecule has 19 heavy (non-hydrogen) atoms. The van der Waals surface area contributed by atoms with Crippen molar-refractivity contribution in [3.05, 3.63) is 23.2 Å². The third kappa shape index (κ3) is 4.62. The van der Waals surface area contributed by atoms with Gasteiger partial charge in [-0.05, 0) is 25.2 Å². The van der Waals surface area contributed by atoms with Crippen LogP contribution in [-0.4, -0.2) is 36.2 Å². The summed E-state index contributed by atoms with van der Waals surface area (Å²) in [5.74, 6) is -0.372. The molecule has 0 bridgehead atoms. The Kier molecular flexibility index (Phi) is 5.16. The molecule has 0 aliphatic heterocycles. The second-order valence-corrected chi connectivity index (χ2v) is 7.82. The van der Waals surface area contributed by atoms with E-state index in [1.54, 1.807) is 0 Å². The summed E-state index contributed by atoms with van der Waals surface area (Å²) in [6, 6.07) is 4.02. The van der Waals surface area contributed by atoms with Gasteiger partial charge in [0.1, 0.15) is 4.90 Å². The van der Waals surface area contributed by atoms with Crippen LogP contribution in [0, 0.1) is 0 Å². The van der Waals surface area contributed by atoms with Gasteiger partial charge in [0, 0.05) is 11.6 Å². The van der Waals surface area contributed by atoms with Gasteiger partial charge in [0.05, 0.1) is 11.4 Å². The maximum Gasteiger partial charge on any atom is 0.242 e. The molecule has 0 saturated carbocycles. The van der Waals surface area contributed by atoms with E-state index in [0.717, 1.165) is 0 Å². The van der Waals surface area contributed by atoms with Crippen LogP contribution in [0.1, 0.15) is 0 Å². The van der Waals surface area contributed by atoms with Crippen molar-refractivity contribution in [2.45, 2.75) is 4.90 Å². The Balaban J connectivity index is 2.85. The molecule has 0 unspecified atom stereocenters. The molecule has 0 aromatic heterocycles.